The highest BCUT2D eigenvalue weighted by Crippen LogP contribution is 2.28. The third kappa shape index (κ3) is 32.2. The Morgan fingerprint density at radius 1 is 0.538 bits per heavy atom. The molecule has 52 heavy (non-hydrogen) atoms. The maximum atomic E-state index is 13.0. The second kappa shape index (κ2) is 38.1. The van der Waals surface area contributed by atoms with Gasteiger partial charge in [0, 0.05) is 26.3 Å². The normalized spacial score (nSPS) is 11.4. The number of thioether (sulfide) groups is 2. The van der Waals surface area contributed by atoms with Crippen LogP contribution in [0.2, 0.25) is 0 Å². The minimum absolute atomic E-state index is 0.00710. The molecule has 0 fully saturated rings. The summed E-state index contributed by atoms with van der Waals surface area (Å²) in [5.41, 5.74) is 0. The summed E-state index contributed by atoms with van der Waals surface area (Å²) < 4.78 is 10.9. The molecule has 306 valence electrons. The fraction of sp³-hybridized carbons (Fsp3) is 0.907. The van der Waals surface area contributed by atoms with Crippen LogP contribution in [0.1, 0.15) is 201 Å². The Kier molecular flexibility index (Phi) is 37.2. The quantitative estimate of drug-likeness (QED) is 0.0347. The smallest absolute Gasteiger partial charge is 0.329 e. The largest absolute Gasteiger partial charge is 0.464 e. The van der Waals surface area contributed by atoms with E-state index in [1.165, 1.54) is 94.8 Å². The maximum absolute atomic E-state index is 13.0. The summed E-state index contributed by atoms with van der Waals surface area (Å²) in [7, 11) is 1.71. The summed E-state index contributed by atoms with van der Waals surface area (Å²) in [6.07, 6.45) is 28.1. The number of rotatable bonds is 39. The molecular weight excluding hydrogens is 691 g/mol. The van der Waals surface area contributed by atoms with Crippen LogP contribution < -0.4 is 0 Å². The highest BCUT2D eigenvalue weighted by molar-refractivity contribution is 8.18. The third-order valence-electron chi connectivity index (χ3n) is 9.62. The lowest BCUT2D eigenvalue weighted by Crippen LogP contribution is -2.34. The van der Waals surface area contributed by atoms with Crippen LogP contribution in [-0.2, 0) is 28.7 Å². The first-order valence-corrected chi connectivity index (χ1v) is 23.7. The van der Waals surface area contributed by atoms with Gasteiger partial charge < -0.3 is 14.4 Å². The first-order chi connectivity index (χ1) is 25.3. The van der Waals surface area contributed by atoms with Crippen molar-refractivity contribution in [2.24, 2.45) is 5.92 Å². The first-order valence-electron chi connectivity index (χ1n) is 21.6. The molecule has 0 aromatic heterocycles. The van der Waals surface area contributed by atoms with Gasteiger partial charge in [0.25, 0.3) is 0 Å². The highest BCUT2D eigenvalue weighted by atomic mass is 32.2. The van der Waals surface area contributed by atoms with Crippen LogP contribution in [0.3, 0.4) is 0 Å². The predicted octanol–water partition coefficient (Wildman–Crippen LogP) is 12.1. The summed E-state index contributed by atoms with van der Waals surface area (Å²) in [5, 5.41) is 0. The molecule has 1 amide bonds. The average Bonchev–Trinajstić information content (AvgIpc) is 3.13. The minimum atomic E-state index is -0.361. The summed E-state index contributed by atoms with van der Waals surface area (Å²) in [5.74, 6) is 2.24. The third-order valence-corrected chi connectivity index (χ3v) is 12.5. The van der Waals surface area contributed by atoms with Crippen molar-refractivity contribution < 1.29 is 28.7 Å². The molecule has 0 saturated carbocycles. The van der Waals surface area contributed by atoms with E-state index in [9.17, 15) is 19.2 Å². The van der Waals surface area contributed by atoms with Gasteiger partial charge in [0.2, 0.25) is 5.91 Å². The summed E-state index contributed by atoms with van der Waals surface area (Å²) >= 11 is 3.46. The number of amides is 1. The van der Waals surface area contributed by atoms with Crippen molar-refractivity contribution in [1.29, 1.82) is 0 Å². The first kappa shape index (κ1) is 50.8. The van der Waals surface area contributed by atoms with Crippen molar-refractivity contribution in [2.75, 3.05) is 38.3 Å². The lowest BCUT2D eigenvalue weighted by atomic mass is 9.91. The van der Waals surface area contributed by atoms with E-state index >= 15 is 0 Å². The maximum Gasteiger partial charge on any atom is 0.329 e. The van der Waals surface area contributed by atoms with Crippen LogP contribution in [0.15, 0.2) is 0 Å². The van der Waals surface area contributed by atoms with Gasteiger partial charge in [-0.3, -0.25) is 14.4 Å². The molecule has 0 N–H and O–H groups in total. The van der Waals surface area contributed by atoms with Gasteiger partial charge in [0.1, 0.15) is 16.9 Å². The van der Waals surface area contributed by atoms with Gasteiger partial charge in [-0.2, -0.15) is 0 Å². The number of ether oxygens (including phenoxy) is 2. The fourth-order valence-corrected chi connectivity index (χ4v) is 8.71. The van der Waals surface area contributed by atoms with Gasteiger partial charge in [-0.25, -0.2) is 4.79 Å². The summed E-state index contributed by atoms with van der Waals surface area (Å²) in [6, 6.07) is 0. The van der Waals surface area contributed by atoms with Crippen LogP contribution in [-0.4, -0.2) is 71.4 Å². The van der Waals surface area contributed by atoms with Crippen LogP contribution >= 0.6 is 23.5 Å². The second-order valence-electron chi connectivity index (χ2n) is 14.8. The number of carbonyl (C=O) groups excluding carboxylic acids is 4. The Balaban J connectivity index is 4.13. The molecule has 0 aromatic rings. The van der Waals surface area contributed by atoms with Crippen LogP contribution in [0, 0.1) is 5.92 Å². The Bertz CT molecular complexity index is 847. The molecule has 0 aliphatic heterocycles. The molecular formula is C43H81NO6S2. The van der Waals surface area contributed by atoms with Crippen LogP contribution in [0.5, 0.6) is 0 Å². The van der Waals surface area contributed by atoms with Gasteiger partial charge in [0.15, 0.2) is 0 Å². The molecule has 9 heteroatoms. The zero-order valence-corrected chi connectivity index (χ0v) is 36.1. The number of esters is 2. The zero-order valence-electron chi connectivity index (χ0n) is 34.5. The average molecular weight is 772 g/mol. The fourth-order valence-electron chi connectivity index (χ4n) is 6.17. The lowest BCUT2D eigenvalue weighted by Gasteiger charge is -2.21. The zero-order chi connectivity index (χ0) is 38.5. The highest BCUT2D eigenvalue weighted by Gasteiger charge is 2.21. The van der Waals surface area contributed by atoms with E-state index in [0.717, 1.165) is 75.7 Å². The Morgan fingerprint density at radius 2 is 0.981 bits per heavy atom. The van der Waals surface area contributed by atoms with Crippen molar-refractivity contribution in [3.63, 3.8) is 0 Å². The van der Waals surface area contributed by atoms with E-state index < -0.39 is 0 Å². The van der Waals surface area contributed by atoms with Gasteiger partial charge in [-0.1, -0.05) is 118 Å². The number of hydrogen-bond donors (Lipinski definition) is 0. The van der Waals surface area contributed by atoms with E-state index in [4.69, 9.17) is 9.47 Å². The second-order valence-corrected chi connectivity index (χ2v) is 17.5. The van der Waals surface area contributed by atoms with E-state index in [-0.39, 0.29) is 34.8 Å². The monoisotopic (exact) mass is 772 g/mol. The number of hydrogen-bond acceptors (Lipinski definition) is 8. The van der Waals surface area contributed by atoms with Gasteiger partial charge in [-0.05, 0) is 81.6 Å². The summed E-state index contributed by atoms with van der Waals surface area (Å²) in [4.78, 5) is 52.0. The molecule has 0 unspecified atom stereocenters. The molecule has 0 heterocycles. The molecule has 0 rings (SSSR count). The van der Waals surface area contributed by atoms with Gasteiger partial charge >= 0.3 is 11.9 Å². The molecule has 0 bridgehead atoms. The lowest BCUT2D eigenvalue weighted by molar-refractivity contribution is -0.149. The molecule has 7 nitrogen and oxygen atoms in total. The van der Waals surface area contributed by atoms with Crippen molar-refractivity contribution >= 4 is 47.2 Å². The molecule has 0 atom stereocenters. The molecule has 0 aliphatic carbocycles. The number of unbranched alkanes of at least 4 members (excludes halogenated alkanes) is 16. The molecule has 0 aliphatic rings. The van der Waals surface area contributed by atoms with Crippen molar-refractivity contribution in [3.8, 4) is 0 Å². The van der Waals surface area contributed by atoms with E-state index in [1.54, 1.807) is 30.6 Å². The number of ketones is 1. The predicted molar refractivity (Wildman–Crippen MR) is 224 cm³/mol. The van der Waals surface area contributed by atoms with E-state index in [1.807, 2.05) is 0 Å². The number of carbonyl (C=O) groups is 4. The van der Waals surface area contributed by atoms with Crippen LogP contribution in [0.4, 0.5) is 0 Å². The number of Topliss-reactive ketones (excluding diaryl/α,β-unsaturated/α-hetero) is 1. The molecule has 0 aromatic carbocycles. The molecule has 0 radical (unpaired) electrons. The number of nitrogens with zero attached hydrogens (tertiary/aromatic N) is 1. The molecule has 0 spiro atoms. The number of likely N-dealkylation sites (N-methyl/N-ethyl adjacent to an activating group) is 1. The Labute approximate surface area is 329 Å². The van der Waals surface area contributed by atoms with Crippen LogP contribution in [0.25, 0.3) is 0 Å². The topological polar surface area (TPSA) is 90.0 Å². The van der Waals surface area contributed by atoms with Crippen molar-refractivity contribution in [2.45, 2.75) is 206 Å². The van der Waals surface area contributed by atoms with Crippen molar-refractivity contribution in [3.05, 3.63) is 0 Å². The Hall–Kier alpha value is -1.22. The van der Waals surface area contributed by atoms with Crippen molar-refractivity contribution in [1.82, 2.24) is 4.90 Å². The molecule has 0 saturated heterocycles. The van der Waals surface area contributed by atoms with E-state index in [0.29, 0.717) is 38.4 Å². The summed E-state index contributed by atoms with van der Waals surface area (Å²) in [6.45, 7) is 9.59. The van der Waals surface area contributed by atoms with Gasteiger partial charge in [-0.15, -0.1) is 23.5 Å². The Morgan fingerprint density at radius 3 is 1.48 bits per heavy atom. The van der Waals surface area contributed by atoms with E-state index in [2.05, 4.69) is 27.7 Å². The standard InChI is InChI=1S/C43H81NO6S2/c1-6-10-14-16-20-28-38(29-21-17-15-11-7-2)36-40(46)44(5)37-41(47)49-32-24-18-22-30-39(45)31-23-19-25-33-50-42(48)43(51-34-26-12-8-3)52-35-27-13-9-4/h38,43H,6-37H2,1-5H3. The SMILES string of the molecule is CCCCCCCC(CCCCCCC)CC(=O)N(C)CC(=O)OCCCCCC(=O)CCCCCOC(=O)C(SCCCCC)SCCCCC. The van der Waals surface area contributed by atoms with Gasteiger partial charge in [0.05, 0.1) is 13.2 Å². The minimum Gasteiger partial charge on any atom is -0.464 e.